The zero-order valence-electron chi connectivity index (χ0n) is 19.1. The van der Waals surface area contributed by atoms with Crippen molar-refractivity contribution >= 4 is 73.7 Å². The van der Waals surface area contributed by atoms with Crippen LogP contribution in [0.15, 0.2) is 71.8 Å². The number of hydrogen-bond acceptors (Lipinski definition) is 5. The van der Waals surface area contributed by atoms with Crippen LogP contribution in [-0.2, 0) is 14.8 Å². The van der Waals surface area contributed by atoms with Crippen molar-refractivity contribution in [2.45, 2.75) is 6.92 Å². The van der Waals surface area contributed by atoms with E-state index in [1.54, 1.807) is 55.5 Å². The molecule has 0 bridgehead atoms. The third kappa shape index (κ3) is 7.20. The molecule has 0 aliphatic heterocycles. The Bertz CT molecular complexity index is 1440. The van der Waals surface area contributed by atoms with Gasteiger partial charge in [-0.25, -0.2) is 13.8 Å². The molecule has 3 rings (SSSR count). The summed E-state index contributed by atoms with van der Waals surface area (Å²) in [4.78, 5) is 25.0. The summed E-state index contributed by atoms with van der Waals surface area (Å²) in [6, 6.07) is 17.9. The molecule has 0 saturated carbocycles. The smallest absolute Gasteiger partial charge is 0.260 e. The first-order valence-electron chi connectivity index (χ1n) is 10.4. The van der Waals surface area contributed by atoms with Crippen LogP contribution in [0.2, 0.25) is 15.1 Å². The monoisotopic (exact) mass is 566 g/mol. The van der Waals surface area contributed by atoms with Gasteiger partial charge in [-0.3, -0.25) is 13.9 Å². The van der Waals surface area contributed by atoms with Crippen LogP contribution >= 0.6 is 34.8 Å². The van der Waals surface area contributed by atoms with Crippen molar-refractivity contribution in [3.05, 3.63) is 92.9 Å². The molecule has 2 amide bonds. The molecule has 8 nitrogen and oxygen atoms in total. The van der Waals surface area contributed by atoms with Crippen LogP contribution in [0, 0.1) is 0 Å². The van der Waals surface area contributed by atoms with Crippen LogP contribution in [0.3, 0.4) is 0 Å². The first-order valence-corrected chi connectivity index (χ1v) is 13.4. The molecule has 0 heterocycles. The van der Waals surface area contributed by atoms with Crippen LogP contribution in [0.5, 0.6) is 0 Å². The molecule has 0 atom stereocenters. The molecule has 0 aliphatic carbocycles. The van der Waals surface area contributed by atoms with E-state index in [0.717, 1.165) is 10.6 Å². The van der Waals surface area contributed by atoms with E-state index in [1.165, 1.54) is 18.2 Å². The lowest BCUT2D eigenvalue weighted by atomic mass is 10.1. The van der Waals surface area contributed by atoms with Crippen molar-refractivity contribution in [3.8, 4) is 0 Å². The summed E-state index contributed by atoms with van der Waals surface area (Å²) >= 11 is 18.1. The summed E-state index contributed by atoms with van der Waals surface area (Å²) < 4.78 is 25.4. The van der Waals surface area contributed by atoms with Crippen molar-refractivity contribution in [2.24, 2.45) is 5.10 Å². The highest BCUT2D eigenvalue weighted by atomic mass is 35.5. The van der Waals surface area contributed by atoms with Crippen molar-refractivity contribution in [3.63, 3.8) is 0 Å². The molecule has 3 aromatic carbocycles. The molecule has 0 saturated heterocycles. The Morgan fingerprint density at radius 3 is 2.31 bits per heavy atom. The second-order valence-electron chi connectivity index (χ2n) is 7.62. The molecule has 0 spiro atoms. The van der Waals surface area contributed by atoms with Gasteiger partial charge in [0.1, 0.15) is 6.54 Å². The average Bonchev–Trinajstić information content (AvgIpc) is 2.82. The number of carbonyl (C=O) groups is 2. The fourth-order valence-corrected chi connectivity index (χ4v) is 4.60. The maximum Gasteiger partial charge on any atom is 0.260 e. The fraction of sp³-hybridized carbons (Fsp3) is 0.125. The number of sulfonamides is 1. The molecule has 0 unspecified atom stereocenters. The Kier molecular flexibility index (Phi) is 8.97. The lowest BCUT2D eigenvalue weighted by Gasteiger charge is -2.22. The van der Waals surface area contributed by atoms with Gasteiger partial charge >= 0.3 is 0 Å². The van der Waals surface area contributed by atoms with Crippen molar-refractivity contribution in [2.75, 3.05) is 22.4 Å². The summed E-state index contributed by atoms with van der Waals surface area (Å²) in [5.74, 6) is -1.03. The number of halogens is 3. The van der Waals surface area contributed by atoms with Crippen molar-refractivity contribution < 1.29 is 18.0 Å². The van der Waals surface area contributed by atoms with Crippen molar-refractivity contribution in [1.82, 2.24) is 5.43 Å². The Morgan fingerprint density at radius 1 is 0.944 bits per heavy atom. The molecule has 36 heavy (non-hydrogen) atoms. The summed E-state index contributed by atoms with van der Waals surface area (Å²) in [6.45, 7) is 1.09. The summed E-state index contributed by atoms with van der Waals surface area (Å²) in [7, 11) is -3.85. The first-order chi connectivity index (χ1) is 17.0. The number of nitrogens with zero attached hydrogens (tertiary/aromatic N) is 2. The minimum Gasteiger partial charge on any atom is -0.322 e. The number of hydrogen-bond donors (Lipinski definition) is 2. The maximum atomic E-state index is 12.5. The van der Waals surface area contributed by atoms with Crippen LogP contribution in [0.4, 0.5) is 11.4 Å². The van der Waals surface area contributed by atoms with E-state index in [-0.39, 0.29) is 21.6 Å². The van der Waals surface area contributed by atoms with Crippen LogP contribution < -0.4 is 15.0 Å². The van der Waals surface area contributed by atoms with E-state index >= 15 is 0 Å². The van der Waals surface area contributed by atoms with E-state index in [4.69, 9.17) is 34.8 Å². The van der Waals surface area contributed by atoms with E-state index in [0.29, 0.717) is 27.5 Å². The normalized spacial score (nSPS) is 11.6. The van der Waals surface area contributed by atoms with Gasteiger partial charge < -0.3 is 5.32 Å². The van der Waals surface area contributed by atoms with E-state index in [2.05, 4.69) is 15.8 Å². The number of benzene rings is 3. The van der Waals surface area contributed by atoms with Gasteiger partial charge in [0.15, 0.2) is 0 Å². The number of rotatable bonds is 8. The summed E-state index contributed by atoms with van der Waals surface area (Å²) in [6.07, 6.45) is 0.954. The van der Waals surface area contributed by atoms with Gasteiger partial charge in [0, 0.05) is 16.3 Å². The number of amides is 2. The molecule has 188 valence electrons. The molecule has 0 radical (unpaired) electrons. The largest absolute Gasteiger partial charge is 0.322 e. The SMILES string of the molecule is C/C(=N\NC(=O)CN(c1cccc(Cl)c1Cl)S(C)(=O)=O)c1cccc(NC(=O)c2cccc(Cl)c2)c1. The molecular formula is C24H21Cl3N4O4S. The third-order valence-electron chi connectivity index (χ3n) is 4.86. The lowest BCUT2D eigenvalue weighted by Crippen LogP contribution is -2.39. The van der Waals surface area contributed by atoms with E-state index < -0.39 is 22.5 Å². The maximum absolute atomic E-state index is 12.5. The van der Waals surface area contributed by atoms with Gasteiger partial charge in [-0.15, -0.1) is 0 Å². The minimum atomic E-state index is -3.85. The molecule has 0 fully saturated rings. The number of nitrogens with one attached hydrogen (secondary N) is 2. The van der Waals surface area contributed by atoms with Crippen LogP contribution in [-0.4, -0.2) is 38.7 Å². The fourth-order valence-electron chi connectivity index (χ4n) is 3.10. The van der Waals surface area contributed by atoms with E-state index in [9.17, 15) is 18.0 Å². The Labute approximate surface area is 223 Å². The predicted molar refractivity (Wildman–Crippen MR) is 145 cm³/mol. The Morgan fingerprint density at radius 2 is 1.61 bits per heavy atom. The highest BCUT2D eigenvalue weighted by Gasteiger charge is 2.24. The van der Waals surface area contributed by atoms with Gasteiger partial charge in [-0.2, -0.15) is 5.10 Å². The van der Waals surface area contributed by atoms with E-state index in [1.807, 2.05) is 0 Å². The lowest BCUT2D eigenvalue weighted by molar-refractivity contribution is -0.119. The topological polar surface area (TPSA) is 108 Å². The quantitative estimate of drug-likeness (QED) is 0.288. The number of carbonyl (C=O) groups excluding carboxylic acids is 2. The Hall–Kier alpha value is -3.11. The highest BCUT2D eigenvalue weighted by Crippen LogP contribution is 2.33. The molecule has 2 N–H and O–H groups in total. The number of anilines is 2. The van der Waals surface area contributed by atoms with Crippen LogP contribution in [0.25, 0.3) is 0 Å². The van der Waals surface area contributed by atoms with Crippen molar-refractivity contribution in [1.29, 1.82) is 0 Å². The Balaban J connectivity index is 1.71. The zero-order chi connectivity index (χ0) is 26.5. The molecular weight excluding hydrogens is 547 g/mol. The third-order valence-corrected chi connectivity index (χ3v) is 7.03. The summed E-state index contributed by atoms with van der Waals surface area (Å²) in [5, 5.41) is 7.45. The van der Waals surface area contributed by atoms with Crippen LogP contribution in [0.1, 0.15) is 22.8 Å². The second kappa shape index (κ2) is 11.7. The average molecular weight is 568 g/mol. The highest BCUT2D eigenvalue weighted by molar-refractivity contribution is 7.92. The zero-order valence-corrected chi connectivity index (χ0v) is 22.2. The first kappa shape index (κ1) is 27.5. The summed E-state index contributed by atoms with van der Waals surface area (Å²) in [5.41, 5.74) is 4.38. The van der Waals surface area contributed by atoms with Gasteiger partial charge in [0.05, 0.1) is 27.7 Å². The molecule has 0 aliphatic rings. The van der Waals surface area contributed by atoms with Gasteiger partial charge in [-0.05, 0) is 55.0 Å². The second-order valence-corrected chi connectivity index (χ2v) is 10.7. The van der Waals surface area contributed by atoms with Gasteiger partial charge in [0.2, 0.25) is 10.0 Å². The molecule has 12 heteroatoms. The number of hydrazone groups is 1. The predicted octanol–water partition coefficient (Wildman–Crippen LogP) is 5.21. The van der Waals surface area contributed by atoms with Gasteiger partial charge in [-0.1, -0.05) is 59.1 Å². The molecule has 0 aromatic heterocycles. The minimum absolute atomic E-state index is 0.00806. The molecule has 3 aromatic rings. The standard InChI is InChI=1S/C24H21Cl3N4O4S/c1-15(16-6-4-9-19(13-16)28-24(33)17-7-3-8-18(25)12-17)29-30-22(32)14-31(36(2,34)35)21-11-5-10-20(26)23(21)27/h3-13H,14H2,1-2H3,(H,28,33)(H,30,32)/b29-15+. The van der Waals surface area contributed by atoms with Gasteiger partial charge in [0.25, 0.3) is 11.8 Å².